The zero-order chi connectivity index (χ0) is 24.6. The Morgan fingerprint density at radius 1 is 1.00 bits per heavy atom. The molecule has 2 aromatic heterocycles. The second kappa shape index (κ2) is 11.6. The number of nitrogens with zero attached hydrogens (tertiary/aromatic N) is 3. The first-order valence-corrected chi connectivity index (χ1v) is 12.0. The van der Waals surface area contributed by atoms with Crippen LogP contribution < -0.4 is 10.6 Å². The maximum Gasteiger partial charge on any atom is 0.172 e. The van der Waals surface area contributed by atoms with Crippen LogP contribution in [0.15, 0.2) is 83.5 Å². The van der Waals surface area contributed by atoms with Gasteiger partial charge in [-0.05, 0) is 51.4 Å². The smallest absolute Gasteiger partial charge is 0.172 e. The molecule has 0 bridgehead atoms. The Balaban J connectivity index is 0.000000189. The second-order valence-electron chi connectivity index (χ2n) is 7.85. The number of carbonyl (C=O) groups excluding carboxylic acids is 1. The number of phenolic OH excluding ortho intramolecular Hbond substituents is 1. The van der Waals surface area contributed by atoms with E-state index >= 15 is 0 Å². The molecule has 0 saturated heterocycles. The lowest BCUT2D eigenvalue weighted by molar-refractivity contribution is -0.107. The number of likely N-dealkylation sites (N-methyl/N-ethyl adjacent to an activating group) is 1. The Hall–Kier alpha value is -3.75. The predicted molar refractivity (Wildman–Crippen MR) is 144 cm³/mol. The van der Waals surface area contributed by atoms with Gasteiger partial charge in [-0.15, -0.1) is 0 Å². The van der Waals surface area contributed by atoms with Crippen LogP contribution in [-0.2, 0) is 11.2 Å². The van der Waals surface area contributed by atoms with Crippen LogP contribution in [0.2, 0.25) is 0 Å². The molecule has 0 spiro atoms. The second-order valence-corrected chi connectivity index (χ2v) is 8.71. The zero-order valence-electron chi connectivity index (χ0n) is 19.3. The Morgan fingerprint density at radius 2 is 1.77 bits per heavy atom. The summed E-state index contributed by atoms with van der Waals surface area (Å²) in [7, 11) is 1.90. The summed E-state index contributed by atoms with van der Waals surface area (Å²) in [6.45, 7) is 1.59. The molecule has 0 atom stereocenters. The molecule has 0 aliphatic carbocycles. The Labute approximate surface area is 212 Å². The minimum atomic E-state index is 0.205. The number of halogens is 1. The molecule has 0 aliphatic rings. The van der Waals surface area contributed by atoms with Gasteiger partial charge in [0.15, 0.2) is 5.65 Å². The van der Waals surface area contributed by atoms with Crippen molar-refractivity contribution in [3.05, 3.63) is 89.0 Å². The summed E-state index contributed by atoms with van der Waals surface area (Å²) in [5.74, 6) is 1.03. The van der Waals surface area contributed by atoms with E-state index in [4.69, 9.17) is 0 Å². The number of aromatic nitrogens is 3. The van der Waals surface area contributed by atoms with Crippen LogP contribution in [0.25, 0.3) is 27.7 Å². The van der Waals surface area contributed by atoms with Crippen LogP contribution >= 0.6 is 15.9 Å². The first-order chi connectivity index (χ1) is 17.1. The molecular formula is C27H26BrN5O2. The number of phenols is 1. The molecule has 35 heavy (non-hydrogen) atoms. The number of aromatic hydroxyl groups is 1. The van der Waals surface area contributed by atoms with E-state index in [-0.39, 0.29) is 5.75 Å². The minimum Gasteiger partial charge on any atom is -0.507 e. The van der Waals surface area contributed by atoms with Gasteiger partial charge in [0.05, 0.1) is 16.4 Å². The van der Waals surface area contributed by atoms with Crippen molar-refractivity contribution in [3.63, 3.8) is 0 Å². The van der Waals surface area contributed by atoms with Crippen LogP contribution in [-0.4, -0.2) is 46.1 Å². The summed E-state index contributed by atoms with van der Waals surface area (Å²) in [5.41, 5.74) is 3.16. The number of nitrogens with one attached hydrogen (secondary N) is 2. The van der Waals surface area contributed by atoms with Crippen molar-refractivity contribution in [2.45, 2.75) is 6.42 Å². The molecule has 2 heterocycles. The largest absolute Gasteiger partial charge is 0.507 e. The Kier molecular flexibility index (Phi) is 8.07. The van der Waals surface area contributed by atoms with Crippen molar-refractivity contribution < 1.29 is 9.90 Å². The molecule has 5 rings (SSSR count). The molecule has 5 aromatic rings. The molecule has 3 N–H and O–H groups in total. The quantitative estimate of drug-likeness (QED) is 0.200. The van der Waals surface area contributed by atoms with Crippen LogP contribution in [0.5, 0.6) is 5.75 Å². The molecule has 3 aromatic carbocycles. The number of anilines is 1. The van der Waals surface area contributed by atoms with Crippen molar-refractivity contribution >= 4 is 44.5 Å². The summed E-state index contributed by atoms with van der Waals surface area (Å²) in [6, 6.07) is 23.3. The van der Waals surface area contributed by atoms with E-state index < -0.39 is 0 Å². The number of aldehydes is 1. The fraction of sp³-hybridized carbons (Fsp3) is 0.148. The SMILES string of the molecule is CNCCNc1cc(-c2ccccc2O)nc2c(Br)cnn12.O=CCc1ccc2ccccc2c1. The van der Waals surface area contributed by atoms with E-state index in [2.05, 4.69) is 54.8 Å². The van der Waals surface area contributed by atoms with E-state index in [9.17, 15) is 9.90 Å². The topological polar surface area (TPSA) is 91.5 Å². The van der Waals surface area contributed by atoms with Gasteiger partial charge in [-0.3, -0.25) is 0 Å². The molecule has 0 unspecified atom stereocenters. The van der Waals surface area contributed by atoms with Crippen molar-refractivity contribution in [2.75, 3.05) is 25.5 Å². The van der Waals surface area contributed by atoms with Gasteiger partial charge in [-0.25, -0.2) is 4.98 Å². The van der Waals surface area contributed by atoms with Crippen molar-refractivity contribution in [2.24, 2.45) is 0 Å². The highest BCUT2D eigenvalue weighted by Crippen LogP contribution is 2.30. The van der Waals surface area contributed by atoms with Crippen molar-refractivity contribution in [1.82, 2.24) is 19.9 Å². The number of rotatable bonds is 7. The van der Waals surface area contributed by atoms with E-state index in [0.29, 0.717) is 23.3 Å². The van der Waals surface area contributed by atoms with Gasteiger partial charge >= 0.3 is 0 Å². The molecule has 7 nitrogen and oxygen atoms in total. The van der Waals surface area contributed by atoms with E-state index in [0.717, 1.165) is 35.2 Å². The Bertz CT molecular complexity index is 1450. The minimum absolute atomic E-state index is 0.205. The van der Waals surface area contributed by atoms with Gasteiger partial charge in [0.25, 0.3) is 0 Å². The molecule has 178 valence electrons. The molecule has 0 radical (unpaired) electrons. The summed E-state index contributed by atoms with van der Waals surface area (Å²) in [6.07, 6.45) is 3.15. The van der Waals surface area contributed by atoms with E-state index in [1.54, 1.807) is 22.8 Å². The maximum atomic E-state index is 10.3. The van der Waals surface area contributed by atoms with E-state index in [1.807, 2.05) is 49.5 Å². The highest BCUT2D eigenvalue weighted by Gasteiger charge is 2.13. The Morgan fingerprint density at radius 3 is 2.54 bits per heavy atom. The zero-order valence-corrected chi connectivity index (χ0v) is 20.9. The normalized spacial score (nSPS) is 10.7. The van der Waals surface area contributed by atoms with Crippen LogP contribution in [0.3, 0.4) is 0 Å². The lowest BCUT2D eigenvalue weighted by atomic mass is 10.1. The third-order valence-corrected chi connectivity index (χ3v) is 5.98. The van der Waals surface area contributed by atoms with Gasteiger partial charge in [-0.1, -0.05) is 54.6 Å². The number of carbonyl (C=O) groups is 1. The van der Waals surface area contributed by atoms with E-state index in [1.165, 1.54) is 10.8 Å². The van der Waals surface area contributed by atoms with Gasteiger partial charge in [0.2, 0.25) is 0 Å². The van der Waals surface area contributed by atoms with Crippen LogP contribution in [0.1, 0.15) is 5.56 Å². The highest BCUT2D eigenvalue weighted by atomic mass is 79.9. The number of fused-ring (bicyclic) bond motifs is 2. The lowest BCUT2D eigenvalue weighted by Gasteiger charge is -2.11. The van der Waals surface area contributed by atoms with Gasteiger partial charge in [-0.2, -0.15) is 9.61 Å². The summed E-state index contributed by atoms with van der Waals surface area (Å²) < 4.78 is 2.55. The average Bonchev–Trinajstić information content (AvgIpc) is 3.26. The average molecular weight is 532 g/mol. The fourth-order valence-electron chi connectivity index (χ4n) is 3.67. The van der Waals surface area contributed by atoms with Crippen LogP contribution in [0.4, 0.5) is 5.82 Å². The third kappa shape index (κ3) is 5.85. The van der Waals surface area contributed by atoms with Gasteiger partial charge in [0, 0.05) is 31.1 Å². The number of benzene rings is 3. The molecule has 0 amide bonds. The lowest BCUT2D eigenvalue weighted by Crippen LogP contribution is -2.19. The molecular weight excluding hydrogens is 506 g/mol. The summed E-state index contributed by atoms with van der Waals surface area (Å²) in [4.78, 5) is 14.9. The first kappa shape index (κ1) is 24.4. The van der Waals surface area contributed by atoms with Gasteiger partial charge < -0.3 is 20.5 Å². The van der Waals surface area contributed by atoms with Crippen molar-refractivity contribution in [1.29, 1.82) is 0 Å². The fourth-order valence-corrected chi connectivity index (χ4v) is 4.02. The highest BCUT2D eigenvalue weighted by molar-refractivity contribution is 9.10. The predicted octanol–water partition coefficient (Wildman–Crippen LogP) is 5.08. The number of para-hydroxylation sites is 1. The standard InChI is InChI=1S/C15H16BrN5O.C12H10O/c1-17-6-7-18-14-8-12(10-4-2-3-5-13(10)22)20-15-11(16)9-19-21(14)15;13-8-7-10-5-6-11-3-1-2-4-12(11)9-10/h2-5,8-9,17-18,22H,6-7H2,1H3;1-6,8-9H,7H2. The third-order valence-electron chi connectivity index (χ3n) is 5.42. The summed E-state index contributed by atoms with van der Waals surface area (Å²) in [5, 5.41) is 23.2. The summed E-state index contributed by atoms with van der Waals surface area (Å²) >= 11 is 3.46. The van der Waals surface area contributed by atoms with Crippen LogP contribution in [0, 0.1) is 0 Å². The van der Waals surface area contributed by atoms with Gasteiger partial charge in [0.1, 0.15) is 17.9 Å². The van der Waals surface area contributed by atoms with Crippen molar-refractivity contribution in [3.8, 4) is 17.0 Å². The first-order valence-electron chi connectivity index (χ1n) is 11.2. The molecule has 8 heteroatoms. The molecule has 0 fully saturated rings. The molecule has 0 saturated carbocycles. The monoisotopic (exact) mass is 531 g/mol. The maximum absolute atomic E-state index is 10.3. The number of hydrogen-bond donors (Lipinski definition) is 3. The number of hydrogen-bond acceptors (Lipinski definition) is 6. The molecule has 0 aliphatic heterocycles.